The van der Waals surface area contributed by atoms with Crippen molar-refractivity contribution in [3.8, 4) is 5.75 Å². The zero-order valence-corrected chi connectivity index (χ0v) is 18.8. The molecule has 10 nitrogen and oxygen atoms in total. The summed E-state index contributed by atoms with van der Waals surface area (Å²) < 4.78 is 5.56. The Morgan fingerprint density at radius 1 is 1.28 bits per heavy atom. The second kappa shape index (κ2) is 12.4. The minimum absolute atomic E-state index is 0.0209. The molecular weight excluding hydrogens is 414 g/mol. The van der Waals surface area contributed by atoms with E-state index in [1.54, 1.807) is 0 Å². The summed E-state index contributed by atoms with van der Waals surface area (Å²) in [5, 5.41) is 12.9. The van der Waals surface area contributed by atoms with Crippen LogP contribution in [0.15, 0.2) is 24.3 Å². The number of hydrazine groups is 1. The van der Waals surface area contributed by atoms with Gasteiger partial charge in [0.25, 0.3) is 0 Å². The molecule has 1 aliphatic rings. The van der Waals surface area contributed by atoms with Crippen LogP contribution in [-0.4, -0.2) is 66.7 Å². The second-order valence-electron chi connectivity index (χ2n) is 8.30. The third kappa shape index (κ3) is 8.45. The number of amides is 2. The maximum Gasteiger partial charge on any atom is 0.319 e. The highest BCUT2D eigenvalue weighted by molar-refractivity contribution is 5.83. The first kappa shape index (κ1) is 25.6. The molecule has 7 N–H and O–H groups in total. The fraction of sp³-hybridized carbons (Fsp3) is 0.591. The molecule has 10 heteroatoms. The van der Waals surface area contributed by atoms with Gasteiger partial charge in [-0.15, -0.1) is 0 Å². The molecule has 0 aliphatic heterocycles. The lowest BCUT2D eigenvalue weighted by Gasteiger charge is -2.23. The molecule has 1 saturated carbocycles. The highest BCUT2D eigenvalue weighted by Crippen LogP contribution is 2.41. The molecule has 4 atom stereocenters. The fourth-order valence-electron chi connectivity index (χ4n) is 3.62. The number of carbonyl (C=O) groups is 3. The molecule has 0 radical (unpaired) electrons. The number of likely N-dealkylation sites (N-methyl/N-ethyl adjacent to an activating group) is 1. The van der Waals surface area contributed by atoms with E-state index in [0.717, 1.165) is 24.2 Å². The largest absolute Gasteiger partial charge is 0.494 e. The summed E-state index contributed by atoms with van der Waals surface area (Å²) in [6.45, 7) is 2.84. The third-order valence-corrected chi connectivity index (χ3v) is 5.41. The van der Waals surface area contributed by atoms with Gasteiger partial charge in [0.2, 0.25) is 11.8 Å². The highest BCUT2D eigenvalue weighted by atomic mass is 16.5. The molecule has 2 amide bonds. The molecule has 0 bridgehead atoms. The van der Waals surface area contributed by atoms with E-state index in [1.807, 2.05) is 31.2 Å². The Bertz CT molecular complexity index is 772. The second-order valence-corrected chi connectivity index (χ2v) is 8.30. The summed E-state index contributed by atoms with van der Waals surface area (Å²) in [7, 11) is 1.47. The number of hydrogen-bond donors (Lipinski definition) is 5. The van der Waals surface area contributed by atoms with Crippen molar-refractivity contribution in [2.45, 2.75) is 44.7 Å². The van der Waals surface area contributed by atoms with E-state index in [-0.39, 0.29) is 36.6 Å². The number of nitrogens with one attached hydrogen (secondary N) is 2. The third-order valence-electron chi connectivity index (χ3n) is 5.41. The highest BCUT2D eigenvalue weighted by Gasteiger charge is 2.43. The number of carboxylic acid groups (broad SMARTS) is 1. The predicted molar refractivity (Wildman–Crippen MR) is 120 cm³/mol. The summed E-state index contributed by atoms with van der Waals surface area (Å²) in [5.41, 5.74) is 15.3. The van der Waals surface area contributed by atoms with Gasteiger partial charge < -0.3 is 26.6 Å². The number of rotatable bonds is 14. The topological polar surface area (TPSA) is 160 Å². The molecule has 1 aliphatic carbocycles. The standard InChI is InChI=1S/C22H35N5O5/c1-3-8-32-16-6-4-14(5-7-16)9-18(24)22(31)25-19(17-10-15(17)12-23)11-20(28)26-27(2)13-21(29)30/h4-7,15,17-19H,3,8-13,23-24H2,1-2H3,(H,25,31)(H,26,28)(H,29,30)/t15-,17-,18-,19+/m0/s1. The van der Waals surface area contributed by atoms with E-state index in [0.29, 0.717) is 19.6 Å². The summed E-state index contributed by atoms with van der Waals surface area (Å²) >= 11 is 0. The Balaban J connectivity index is 1.91. The number of carbonyl (C=O) groups excluding carboxylic acids is 2. The molecular formula is C22H35N5O5. The number of benzene rings is 1. The first-order valence-corrected chi connectivity index (χ1v) is 10.9. The zero-order valence-electron chi connectivity index (χ0n) is 18.8. The van der Waals surface area contributed by atoms with Gasteiger partial charge in [-0.1, -0.05) is 19.1 Å². The minimum Gasteiger partial charge on any atom is -0.494 e. The van der Waals surface area contributed by atoms with Crippen LogP contribution in [-0.2, 0) is 20.8 Å². The van der Waals surface area contributed by atoms with Gasteiger partial charge in [-0.25, -0.2) is 5.01 Å². The Hall–Kier alpha value is -2.69. The van der Waals surface area contributed by atoms with Gasteiger partial charge in [-0.3, -0.25) is 19.8 Å². The fourth-order valence-corrected chi connectivity index (χ4v) is 3.62. The molecule has 32 heavy (non-hydrogen) atoms. The quantitative estimate of drug-likeness (QED) is 0.245. The van der Waals surface area contributed by atoms with Crippen molar-refractivity contribution in [3.63, 3.8) is 0 Å². The first-order chi connectivity index (χ1) is 15.2. The maximum absolute atomic E-state index is 12.7. The lowest BCUT2D eigenvalue weighted by Crippen LogP contribution is -2.50. The summed E-state index contributed by atoms with van der Waals surface area (Å²) in [5.74, 6) is -0.653. The molecule has 0 unspecified atom stereocenters. The van der Waals surface area contributed by atoms with E-state index in [4.69, 9.17) is 21.3 Å². The van der Waals surface area contributed by atoms with E-state index in [2.05, 4.69) is 10.7 Å². The molecule has 0 spiro atoms. The van der Waals surface area contributed by atoms with E-state index >= 15 is 0 Å². The van der Waals surface area contributed by atoms with Gasteiger partial charge in [0, 0.05) is 19.5 Å². The zero-order chi connectivity index (χ0) is 23.7. The smallest absolute Gasteiger partial charge is 0.319 e. The molecule has 1 aromatic carbocycles. The monoisotopic (exact) mass is 449 g/mol. The first-order valence-electron chi connectivity index (χ1n) is 10.9. The van der Waals surface area contributed by atoms with Crippen LogP contribution in [0.4, 0.5) is 0 Å². The summed E-state index contributed by atoms with van der Waals surface area (Å²) in [6.07, 6.45) is 2.13. The molecule has 2 rings (SSSR count). The van der Waals surface area contributed by atoms with Crippen molar-refractivity contribution in [1.82, 2.24) is 15.8 Å². The van der Waals surface area contributed by atoms with Crippen LogP contribution in [0.1, 0.15) is 31.7 Å². The van der Waals surface area contributed by atoms with Crippen molar-refractivity contribution < 1.29 is 24.2 Å². The number of aliphatic carboxylic acids is 1. The van der Waals surface area contributed by atoms with Crippen LogP contribution in [0.3, 0.4) is 0 Å². The van der Waals surface area contributed by atoms with Gasteiger partial charge in [0.1, 0.15) is 12.3 Å². The van der Waals surface area contributed by atoms with Gasteiger partial charge in [-0.2, -0.15) is 0 Å². The molecule has 0 aromatic heterocycles. The predicted octanol–water partition coefficient (Wildman–Crippen LogP) is -0.137. The van der Waals surface area contributed by atoms with Gasteiger partial charge in [-0.05, 0) is 55.3 Å². The molecule has 0 saturated heterocycles. The molecule has 0 heterocycles. The number of hydrogen-bond acceptors (Lipinski definition) is 7. The van der Waals surface area contributed by atoms with Gasteiger partial charge in [0.15, 0.2) is 0 Å². The number of ether oxygens (including phenoxy) is 1. The Morgan fingerprint density at radius 2 is 1.97 bits per heavy atom. The number of carboxylic acids is 1. The van der Waals surface area contributed by atoms with Gasteiger partial charge >= 0.3 is 5.97 Å². The minimum atomic E-state index is -1.06. The van der Waals surface area contributed by atoms with E-state index in [9.17, 15) is 14.4 Å². The normalized spacial score (nSPS) is 19.2. The van der Waals surface area contributed by atoms with Crippen LogP contribution in [0.5, 0.6) is 5.75 Å². The number of nitrogens with two attached hydrogens (primary N) is 2. The van der Waals surface area contributed by atoms with Crippen LogP contribution in [0.25, 0.3) is 0 Å². The van der Waals surface area contributed by atoms with Crippen molar-refractivity contribution in [2.24, 2.45) is 23.3 Å². The summed E-state index contributed by atoms with van der Waals surface area (Å²) in [4.78, 5) is 35.8. The van der Waals surface area contributed by atoms with Crippen LogP contribution < -0.4 is 26.9 Å². The lowest BCUT2D eigenvalue weighted by atomic mass is 10.0. The SMILES string of the molecule is CCCOc1ccc(C[C@H](N)C(=O)N[C@H](CC(=O)NN(C)CC(=O)O)[C@H]2C[C@H]2CN)cc1. The van der Waals surface area contributed by atoms with Crippen LogP contribution in [0.2, 0.25) is 0 Å². The van der Waals surface area contributed by atoms with Gasteiger partial charge in [0.05, 0.1) is 12.6 Å². The lowest BCUT2D eigenvalue weighted by molar-refractivity contribution is -0.139. The van der Waals surface area contributed by atoms with E-state index in [1.165, 1.54) is 12.1 Å². The van der Waals surface area contributed by atoms with Crippen LogP contribution >= 0.6 is 0 Å². The maximum atomic E-state index is 12.7. The van der Waals surface area contributed by atoms with Crippen LogP contribution in [0, 0.1) is 11.8 Å². The molecule has 1 aromatic rings. The molecule has 1 fully saturated rings. The Kier molecular flexibility index (Phi) is 9.89. The van der Waals surface area contributed by atoms with E-state index < -0.39 is 18.1 Å². The van der Waals surface area contributed by atoms with Crippen molar-refractivity contribution in [2.75, 3.05) is 26.7 Å². The van der Waals surface area contributed by atoms with Crippen molar-refractivity contribution in [1.29, 1.82) is 0 Å². The van der Waals surface area contributed by atoms with Crippen molar-refractivity contribution in [3.05, 3.63) is 29.8 Å². The van der Waals surface area contributed by atoms with Crippen molar-refractivity contribution >= 4 is 17.8 Å². The average Bonchev–Trinajstić information content (AvgIpc) is 3.52. The number of nitrogens with zero attached hydrogens (tertiary/aromatic N) is 1. The summed E-state index contributed by atoms with van der Waals surface area (Å²) in [6, 6.07) is 6.29. The molecule has 178 valence electrons. The Labute approximate surface area is 188 Å². The Morgan fingerprint density at radius 3 is 2.53 bits per heavy atom. The average molecular weight is 450 g/mol.